The van der Waals surface area contributed by atoms with Gasteiger partial charge in [0.15, 0.2) is 6.17 Å². The van der Waals surface area contributed by atoms with Crippen molar-refractivity contribution in [2.24, 2.45) is 5.92 Å². The molecular formula is C12H19F3O4. The molecule has 0 aliphatic heterocycles. The second-order valence-electron chi connectivity index (χ2n) is 3.97. The van der Waals surface area contributed by atoms with E-state index < -0.39 is 36.9 Å². The topological polar surface area (TPSA) is 52.6 Å². The molecule has 0 aliphatic rings. The van der Waals surface area contributed by atoms with Gasteiger partial charge < -0.3 is 9.47 Å². The van der Waals surface area contributed by atoms with Gasteiger partial charge in [0.05, 0.1) is 13.2 Å². The normalized spacial score (nSPS) is 12.6. The minimum absolute atomic E-state index is 0.138. The molecule has 1 atom stereocenters. The number of rotatable bonds is 9. The molecule has 0 saturated heterocycles. The van der Waals surface area contributed by atoms with Crippen molar-refractivity contribution in [2.75, 3.05) is 13.2 Å². The Hall–Kier alpha value is -1.27. The predicted octanol–water partition coefficient (Wildman–Crippen LogP) is 2.50. The van der Waals surface area contributed by atoms with Crippen LogP contribution in [0.2, 0.25) is 0 Å². The highest BCUT2D eigenvalue weighted by Crippen LogP contribution is 2.22. The highest BCUT2D eigenvalue weighted by Gasteiger charge is 2.27. The van der Waals surface area contributed by atoms with E-state index in [2.05, 4.69) is 9.47 Å². The number of hydrogen-bond donors (Lipinski definition) is 0. The Kier molecular flexibility index (Phi) is 8.99. The maximum atomic E-state index is 13.0. The minimum atomic E-state index is -3.13. The zero-order chi connectivity index (χ0) is 14.8. The molecule has 112 valence electrons. The van der Waals surface area contributed by atoms with Crippen LogP contribution in [0.15, 0.2) is 0 Å². The van der Waals surface area contributed by atoms with Gasteiger partial charge in [-0.1, -0.05) is 0 Å². The van der Waals surface area contributed by atoms with Crippen molar-refractivity contribution in [3.05, 3.63) is 0 Å². The fourth-order valence-corrected chi connectivity index (χ4v) is 1.57. The van der Waals surface area contributed by atoms with Gasteiger partial charge in [-0.3, -0.25) is 9.59 Å². The Bertz CT molecular complexity index is 264. The molecule has 4 nitrogen and oxygen atoms in total. The Morgan fingerprint density at radius 3 is 1.68 bits per heavy atom. The maximum Gasteiger partial charge on any atom is 0.306 e. The summed E-state index contributed by atoms with van der Waals surface area (Å²) in [6.45, 7) is 3.46. The second-order valence-corrected chi connectivity index (χ2v) is 3.97. The third-order valence-corrected chi connectivity index (χ3v) is 2.35. The number of halogens is 3. The summed E-state index contributed by atoms with van der Waals surface area (Å²) in [6, 6.07) is 0. The van der Waals surface area contributed by atoms with Gasteiger partial charge in [-0.15, -0.1) is 0 Å². The molecule has 0 spiro atoms. The first-order chi connectivity index (χ1) is 8.90. The average molecular weight is 284 g/mol. The number of hydrogen-bond acceptors (Lipinski definition) is 4. The summed E-state index contributed by atoms with van der Waals surface area (Å²) in [5.74, 6) is -2.13. The Morgan fingerprint density at radius 1 is 0.947 bits per heavy atom. The lowest BCUT2D eigenvalue weighted by Crippen LogP contribution is -2.23. The number of carbonyl (C=O) groups excluding carboxylic acids is 2. The monoisotopic (exact) mass is 284 g/mol. The largest absolute Gasteiger partial charge is 0.466 e. The SMILES string of the molecule is CCOC(=O)CC(CC(=O)OCC)CC(F)C(F)F. The zero-order valence-electron chi connectivity index (χ0n) is 11.0. The molecule has 7 heteroatoms. The van der Waals surface area contributed by atoms with Gasteiger partial charge in [0, 0.05) is 12.8 Å². The summed E-state index contributed by atoms with van der Waals surface area (Å²) < 4.78 is 46.6. The molecule has 1 unspecified atom stereocenters. The molecule has 0 bridgehead atoms. The van der Waals surface area contributed by atoms with Crippen LogP contribution >= 0.6 is 0 Å². The van der Waals surface area contributed by atoms with E-state index in [1.165, 1.54) is 0 Å². The molecule has 0 aromatic heterocycles. The number of ether oxygens (including phenoxy) is 2. The molecule has 0 aliphatic carbocycles. The van der Waals surface area contributed by atoms with Gasteiger partial charge in [-0.2, -0.15) is 0 Å². The fourth-order valence-electron chi connectivity index (χ4n) is 1.57. The van der Waals surface area contributed by atoms with Gasteiger partial charge >= 0.3 is 11.9 Å². The average Bonchev–Trinajstić information content (AvgIpc) is 2.28. The van der Waals surface area contributed by atoms with Crippen molar-refractivity contribution in [3.8, 4) is 0 Å². The number of esters is 2. The van der Waals surface area contributed by atoms with Crippen molar-refractivity contribution in [1.29, 1.82) is 0 Å². The molecule has 0 radical (unpaired) electrons. The van der Waals surface area contributed by atoms with Crippen molar-refractivity contribution < 1.29 is 32.2 Å². The lowest BCUT2D eigenvalue weighted by Gasteiger charge is -2.17. The summed E-state index contributed by atoms with van der Waals surface area (Å²) in [4.78, 5) is 22.5. The zero-order valence-corrected chi connectivity index (χ0v) is 11.0. The fraction of sp³-hybridized carbons (Fsp3) is 0.833. The van der Waals surface area contributed by atoms with Gasteiger partial charge in [-0.05, 0) is 26.2 Å². The quantitative estimate of drug-likeness (QED) is 0.610. The first kappa shape index (κ1) is 17.7. The van der Waals surface area contributed by atoms with E-state index >= 15 is 0 Å². The molecule has 0 fully saturated rings. The smallest absolute Gasteiger partial charge is 0.306 e. The summed E-state index contributed by atoms with van der Waals surface area (Å²) in [5.41, 5.74) is 0. The molecule has 0 amide bonds. The van der Waals surface area contributed by atoms with Gasteiger partial charge in [0.25, 0.3) is 6.43 Å². The molecule has 0 rings (SSSR count). The summed E-state index contributed by atoms with van der Waals surface area (Å²) in [7, 11) is 0. The van der Waals surface area contributed by atoms with Crippen LogP contribution in [0.4, 0.5) is 13.2 Å². The predicted molar refractivity (Wildman–Crippen MR) is 61.5 cm³/mol. The van der Waals surface area contributed by atoms with Crippen molar-refractivity contribution >= 4 is 11.9 Å². The molecule has 0 aromatic carbocycles. The van der Waals surface area contributed by atoms with E-state index in [4.69, 9.17) is 0 Å². The van der Waals surface area contributed by atoms with Gasteiger partial charge in [-0.25, -0.2) is 13.2 Å². The van der Waals surface area contributed by atoms with Crippen LogP contribution in [0.5, 0.6) is 0 Å². The summed E-state index contributed by atoms with van der Waals surface area (Å²) >= 11 is 0. The lowest BCUT2D eigenvalue weighted by molar-refractivity contribution is -0.147. The number of carbonyl (C=O) groups is 2. The molecule has 19 heavy (non-hydrogen) atoms. The summed E-state index contributed by atoms with van der Waals surface area (Å²) in [6.07, 6.45) is -6.63. The second kappa shape index (κ2) is 9.63. The van der Waals surface area contributed by atoms with E-state index in [1.807, 2.05) is 0 Å². The third-order valence-electron chi connectivity index (χ3n) is 2.35. The highest BCUT2D eigenvalue weighted by molar-refractivity contribution is 5.73. The van der Waals surface area contributed by atoms with Gasteiger partial charge in [0.2, 0.25) is 0 Å². The molecule has 0 saturated carbocycles. The van der Waals surface area contributed by atoms with Crippen LogP contribution in [0, 0.1) is 5.92 Å². The van der Waals surface area contributed by atoms with Crippen LogP contribution in [0.25, 0.3) is 0 Å². The van der Waals surface area contributed by atoms with E-state index in [1.54, 1.807) is 13.8 Å². The first-order valence-electron chi connectivity index (χ1n) is 6.14. The molecule has 0 heterocycles. The van der Waals surface area contributed by atoms with E-state index in [0.29, 0.717) is 0 Å². The summed E-state index contributed by atoms with van der Waals surface area (Å²) in [5, 5.41) is 0. The Morgan fingerprint density at radius 2 is 1.37 bits per heavy atom. The lowest BCUT2D eigenvalue weighted by atomic mass is 9.95. The van der Waals surface area contributed by atoms with Crippen LogP contribution in [-0.2, 0) is 19.1 Å². The van der Waals surface area contributed by atoms with E-state index in [0.717, 1.165) is 0 Å². The van der Waals surface area contributed by atoms with Crippen LogP contribution < -0.4 is 0 Å². The molecule has 0 aromatic rings. The third kappa shape index (κ3) is 8.45. The maximum absolute atomic E-state index is 13.0. The van der Waals surface area contributed by atoms with Gasteiger partial charge in [0.1, 0.15) is 0 Å². The van der Waals surface area contributed by atoms with Crippen molar-refractivity contribution in [3.63, 3.8) is 0 Å². The Balaban J connectivity index is 4.45. The van der Waals surface area contributed by atoms with Crippen LogP contribution in [0.1, 0.15) is 33.1 Å². The van der Waals surface area contributed by atoms with E-state index in [-0.39, 0.29) is 26.1 Å². The van der Waals surface area contributed by atoms with Crippen molar-refractivity contribution in [1.82, 2.24) is 0 Å². The highest BCUT2D eigenvalue weighted by atomic mass is 19.3. The number of alkyl halides is 3. The standard InChI is InChI=1S/C12H19F3O4/c1-3-18-10(16)6-8(5-9(13)12(14)15)7-11(17)19-4-2/h8-9,12H,3-7H2,1-2H3. The molecular weight excluding hydrogens is 265 g/mol. The Labute approximate surface area is 110 Å². The first-order valence-corrected chi connectivity index (χ1v) is 6.14. The minimum Gasteiger partial charge on any atom is -0.466 e. The molecule has 0 N–H and O–H groups in total. The van der Waals surface area contributed by atoms with E-state index in [9.17, 15) is 22.8 Å². The van der Waals surface area contributed by atoms with Crippen LogP contribution in [-0.4, -0.2) is 37.7 Å². The van der Waals surface area contributed by atoms with Crippen LogP contribution in [0.3, 0.4) is 0 Å². The van der Waals surface area contributed by atoms with Crippen molar-refractivity contribution in [2.45, 2.75) is 45.7 Å².